The molecule has 0 atom stereocenters. The Labute approximate surface area is 162 Å². The molecule has 0 aliphatic heterocycles. The molecule has 0 radical (unpaired) electrons. The highest BCUT2D eigenvalue weighted by Gasteiger charge is 2.22. The number of hydrogen-bond donors (Lipinski definition) is 1. The van der Waals surface area contributed by atoms with Crippen molar-refractivity contribution in [1.82, 2.24) is 0 Å². The van der Waals surface area contributed by atoms with Crippen molar-refractivity contribution in [2.45, 2.75) is 9.79 Å². The summed E-state index contributed by atoms with van der Waals surface area (Å²) in [5, 5.41) is 0.00711. The largest absolute Gasteiger partial charge is 0.496 e. The van der Waals surface area contributed by atoms with Crippen LogP contribution in [0.2, 0.25) is 5.02 Å². The highest BCUT2D eigenvalue weighted by molar-refractivity contribution is 7.92. The number of methoxy groups -OCH3 is 2. The lowest BCUT2D eigenvalue weighted by Gasteiger charge is -2.13. The maximum absolute atomic E-state index is 12.7. The zero-order chi connectivity index (χ0) is 20.4. The molecule has 1 N–H and O–H groups in total. The van der Waals surface area contributed by atoms with E-state index in [9.17, 15) is 21.6 Å². The van der Waals surface area contributed by atoms with E-state index < -0.39 is 25.8 Å². The van der Waals surface area contributed by atoms with Crippen LogP contribution >= 0.6 is 11.6 Å². The van der Waals surface area contributed by atoms with Crippen LogP contribution in [0.15, 0.2) is 46.2 Å². The predicted octanol–water partition coefficient (Wildman–Crippen LogP) is 2.34. The molecule has 0 fully saturated rings. The molecular weight excluding hydrogens is 418 g/mol. The summed E-state index contributed by atoms with van der Waals surface area (Å²) in [5.74, 6) is -0.640. The summed E-state index contributed by atoms with van der Waals surface area (Å²) in [5.41, 5.74) is -0.200. The Morgan fingerprint density at radius 2 is 1.63 bits per heavy atom. The van der Waals surface area contributed by atoms with Crippen LogP contribution in [-0.2, 0) is 24.6 Å². The molecule has 27 heavy (non-hydrogen) atoms. The van der Waals surface area contributed by atoms with Crippen molar-refractivity contribution in [3.63, 3.8) is 0 Å². The first-order chi connectivity index (χ1) is 12.5. The SMILES string of the molecule is COC(=O)c1cc(S(=O)(=O)Nc2cc(S(C)(=O)=O)ccc2Cl)ccc1OC. The molecule has 0 aliphatic rings. The fourth-order valence-corrected chi connectivity index (χ4v) is 4.11. The van der Waals surface area contributed by atoms with E-state index in [1.165, 1.54) is 31.4 Å². The molecule has 0 heterocycles. The van der Waals surface area contributed by atoms with E-state index in [0.29, 0.717) is 0 Å². The van der Waals surface area contributed by atoms with Gasteiger partial charge in [-0.3, -0.25) is 4.72 Å². The van der Waals surface area contributed by atoms with Crippen molar-refractivity contribution in [2.24, 2.45) is 0 Å². The van der Waals surface area contributed by atoms with Gasteiger partial charge in [-0.1, -0.05) is 11.6 Å². The summed E-state index contributed by atoms with van der Waals surface area (Å²) in [4.78, 5) is 11.5. The minimum absolute atomic E-state index is 0.00711. The molecule has 0 aliphatic carbocycles. The molecule has 2 rings (SSSR count). The van der Waals surface area contributed by atoms with Crippen LogP contribution in [0.25, 0.3) is 0 Å². The van der Waals surface area contributed by atoms with Gasteiger partial charge >= 0.3 is 5.97 Å². The van der Waals surface area contributed by atoms with Gasteiger partial charge in [-0.25, -0.2) is 21.6 Å². The molecule has 0 saturated heterocycles. The average Bonchev–Trinajstić information content (AvgIpc) is 2.61. The molecule has 0 spiro atoms. The molecule has 0 aromatic heterocycles. The van der Waals surface area contributed by atoms with Crippen LogP contribution in [0.5, 0.6) is 5.75 Å². The standard InChI is InChI=1S/C16H16ClNO7S2/c1-24-15-7-5-11(8-12(15)16(19)25-2)27(22,23)18-14-9-10(26(3,20)21)4-6-13(14)17/h4-9,18H,1-3H3. The number of anilines is 1. The van der Waals surface area contributed by atoms with Crippen LogP contribution in [0, 0.1) is 0 Å². The monoisotopic (exact) mass is 433 g/mol. The summed E-state index contributed by atoms with van der Waals surface area (Å²) in [7, 11) is -5.27. The van der Waals surface area contributed by atoms with Gasteiger partial charge < -0.3 is 9.47 Å². The van der Waals surface area contributed by atoms with Gasteiger partial charge in [0.2, 0.25) is 0 Å². The highest BCUT2D eigenvalue weighted by atomic mass is 35.5. The lowest BCUT2D eigenvalue weighted by molar-refractivity contribution is 0.0596. The van der Waals surface area contributed by atoms with Crippen LogP contribution in [0.3, 0.4) is 0 Å². The van der Waals surface area contributed by atoms with E-state index in [-0.39, 0.29) is 31.8 Å². The molecular formula is C16H16ClNO7S2. The van der Waals surface area contributed by atoms with E-state index in [0.717, 1.165) is 25.5 Å². The Morgan fingerprint density at radius 3 is 2.19 bits per heavy atom. The Balaban J connectivity index is 2.50. The fraction of sp³-hybridized carbons (Fsp3) is 0.188. The van der Waals surface area contributed by atoms with E-state index in [1.807, 2.05) is 0 Å². The van der Waals surface area contributed by atoms with Crippen molar-refractivity contribution in [1.29, 1.82) is 0 Å². The fourth-order valence-electron chi connectivity index (χ4n) is 2.14. The van der Waals surface area contributed by atoms with Gasteiger partial charge in [0, 0.05) is 6.26 Å². The third-order valence-electron chi connectivity index (χ3n) is 3.50. The topological polar surface area (TPSA) is 116 Å². The molecule has 2 aromatic carbocycles. The Morgan fingerprint density at radius 1 is 1.00 bits per heavy atom. The molecule has 146 valence electrons. The number of carbonyl (C=O) groups is 1. The van der Waals surface area contributed by atoms with Crippen LogP contribution in [-0.4, -0.2) is 43.3 Å². The second-order valence-corrected chi connectivity index (χ2v) is 9.48. The lowest BCUT2D eigenvalue weighted by atomic mass is 10.2. The van der Waals surface area contributed by atoms with Crippen LogP contribution < -0.4 is 9.46 Å². The summed E-state index contributed by atoms with van der Waals surface area (Å²) < 4.78 is 60.5. The molecule has 8 nitrogen and oxygen atoms in total. The van der Waals surface area contributed by atoms with Crippen molar-refractivity contribution in [3.8, 4) is 5.75 Å². The molecule has 0 unspecified atom stereocenters. The predicted molar refractivity (Wildman–Crippen MR) is 99.7 cm³/mol. The number of sulfonamides is 1. The third-order valence-corrected chi connectivity index (χ3v) is 6.30. The van der Waals surface area contributed by atoms with E-state index in [1.54, 1.807) is 0 Å². The molecule has 0 amide bonds. The number of esters is 1. The molecule has 2 aromatic rings. The third kappa shape index (κ3) is 4.71. The quantitative estimate of drug-likeness (QED) is 0.695. The second kappa shape index (κ2) is 7.75. The minimum atomic E-state index is -4.18. The number of benzene rings is 2. The molecule has 11 heteroatoms. The lowest BCUT2D eigenvalue weighted by Crippen LogP contribution is -2.15. The number of sulfone groups is 1. The average molecular weight is 434 g/mol. The molecule has 0 saturated carbocycles. The normalized spacial score (nSPS) is 11.7. The number of rotatable bonds is 6. The van der Waals surface area contributed by atoms with Gasteiger partial charge in [-0.05, 0) is 36.4 Å². The summed E-state index contributed by atoms with van der Waals surface area (Å²) in [6, 6.07) is 7.25. The van der Waals surface area contributed by atoms with E-state index in [4.69, 9.17) is 16.3 Å². The number of ether oxygens (including phenoxy) is 2. The van der Waals surface area contributed by atoms with Gasteiger partial charge in [-0.15, -0.1) is 0 Å². The maximum atomic E-state index is 12.7. The number of hydrogen-bond acceptors (Lipinski definition) is 7. The zero-order valence-corrected chi connectivity index (χ0v) is 16.9. The number of nitrogens with one attached hydrogen (secondary N) is 1. The zero-order valence-electron chi connectivity index (χ0n) is 14.5. The van der Waals surface area contributed by atoms with Crippen molar-refractivity contribution in [3.05, 3.63) is 47.0 Å². The second-order valence-electron chi connectivity index (χ2n) is 5.37. The van der Waals surface area contributed by atoms with Gasteiger partial charge in [0.05, 0.1) is 34.7 Å². The summed E-state index contributed by atoms with van der Waals surface area (Å²) >= 11 is 5.98. The van der Waals surface area contributed by atoms with Crippen LogP contribution in [0.4, 0.5) is 5.69 Å². The van der Waals surface area contributed by atoms with E-state index >= 15 is 0 Å². The first-order valence-corrected chi connectivity index (χ1v) is 11.0. The van der Waals surface area contributed by atoms with Crippen molar-refractivity contribution < 1.29 is 31.1 Å². The highest BCUT2D eigenvalue weighted by Crippen LogP contribution is 2.29. The number of halogens is 1. The maximum Gasteiger partial charge on any atom is 0.341 e. The Kier molecular flexibility index (Phi) is 6.03. The van der Waals surface area contributed by atoms with Crippen LogP contribution in [0.1, 0.15) is 10.4 Å². The Hall–Kier alpha value is -2.30. The van der Waals surface area contributed by atoms with Crippen molar-refractivity contribution >= 4 is 43.1 Å². The minimum Gasteiger partial charge on any atom is -0.496 e. The van der Waals surface area contributed by atoms with Gasteiger partial charge in [0.25, 0.3) is 10.0 Å². The Bertz CT molecular complexity index is 1100. The number of carbonyl (C=O) groups excluding carboxylic acids is 1. The first kappa shape index (κ1) is 21.0. The van der Waals surface area contributed by atoms with E-state index in [2.05, 4.69) is 9.46 Å². The van der Waals surface area contributed by atoms with Gasteiger partial charge in [0.15, 0.2) is 9.84 Å². The molecule has 0 bridgehead atoms. The summed E-state index contributed by atoms with van der Waals surface area (Å²) in [6.07, 6.45) is 0.987. The smallest absolute Gasteiger partial charge is 0.341 e. The van der Waals surface area contributed by atoms with Crippen molar-refractivity contribution in [2.75, 3.05) is 25.2 Å². The van der Waals surface area contributed by atoms with Gasteiger partial charge in [-0.2, -0.15) is 0 Å². The summed E-state index contributed by atoms with van der Waals surface area (Å²) in [6.45, 7) is 0. The first-order valence-electron chi connectivity index (χ1n) is 7.28. The van der Waals surface area contributed by atoms with Gasteiger partial charge in [0.1, 0.15) is 11.3 Å².